The summed E-state index contributed by atoms with van der Waals surface area (Å²) in [5, 5.41) is 0.469. The van der Waals surface area contributed by atoms with E-state index in [1.807, 2.05) is 0 Å². The first kappa shape index (κ1) is 19.8. The zero-order chi connectivity index (χ0) is 18.4. The van der Waals surface area contributed by atoms with Gasteiger partial charge in [-0.05, 0) is 37.1 Å². The van der Waals surface area contributed by atoms with Crippen molar-refractivity contribution in [1.82, 2.24) is 15.2 Å². The smallest absolute Gasteiger partial charge is 0.243 e. The number of carbonyl (C=O) groups is 1. The summed E-state index contributed by atoms with van der Waals surface area (Å²) in [6, 6.07) is 6.01. The van der Waals surface area contributed by atoms with E-state index in [2.05, 4.69) is 17.4 Å². The maximum absolute atomic E-state index is 12.7. The number of hydrazine groups is 1. The highest BCUT2D eigenvalue weighted by molar-refractivity contribution is 7.89. The van der Waals surface area contributed by atoms with Crippen molar-refractivity contribution >= 4 is 44.7 Å². The second kappa shape index (κ2) is 8.75. The Morgan fingerprint density at radius 3 is 2.68 bits per heavy atom. The molecule has 136 valence electrons. The summed E-state index contributed by atoms with van der Waals surface area (Å²) < 4.78 is 26.8. The normalized spacial score (nSPS) is 18.4. The van der Waals surface area contributed by atoms with Crippen LogP contribution in [0.3, 0.4) is 0 Å². The van der Waals surface area contributed by atoms with Gasteiger partial charge in [-0.25, -0.2) is 8.42 Å². The molecule has 0 bridgehead atoms. The molecule has 1 heterocycles. The second-order valence-electron chi connectivity index (χ2n) is 5.69. The molecule has 0 saturated carbocycles. The van der Waals surface area contributed by atoms with Crippen molar-refractivity contribution in [2.24, 2.45) is 5.92 Å². The van der Waals surface area contributed by atoms with Gasteiger partial charge in [-0.2, -0.15) is 4.31 Å². The fourth-order valence-electron chi connectivity index (χ4n) is 2.55. The van der Waals surface area contributed by atoms with Gasteiger partial charge < -0.3 is 0 Å². The summed E-state index contributed by atoms with van der Waals surface area (Å²) in [5.41, 5.74) is 5.19. The number of hydrogen-bond donors (Lipinski definition) is 2. The van der Waals surface area contributed by atoms with Crippen LogP contribution in [0.5, 0.6) is 0 Å². The minimum Gasteiger partial charge on any atom is -0.292 e. The molecule has 2 rings (SSSR count). The van der Waals surface area contributed by atoms with E-state index in [9.17, 15) is 13.2 Å². The third kappa shape index (κ3) is 5.24. The van der Waals surface area contributed by atoms with Crippen LogP contribution in [-0.4, -0.2) is 36.7 Å². The third-order valence-corrected chi connectivity index (χ3v) is 6.26. The zero-order valence-electron chi connectivity index (χ0n) is 13.6. The van der Waals surface area contributed by atoms with Crippen molar-refractivity contribution in [3.63, 3.8) is 0 Å². The predicted molar refractivity (Wildman–Crippen MR) is 102 cm³/mol. The summed E-state index contributed by atoms with van der Waals surface area (Å²) in [5.74, 6) is -0.711. The van der Waals surface area contributed by atoms with E-state index < -0.39 is 15.9 Å². The van der Waals surface area contributed by atoms with E-state index in [-0.39, 0.29) is 17.3 Å². The summed E-state index contributed by atoms with van der Waals surface area (Å²) in [6.45, 7) is 4.08. The molecule has 1 aliphatic rings. The van der Waals surface area contributed by atoms with Gasteiger partial charge in [0, 0.05) is 24.5 Å². The van der Waals surface area contributed by atoms with Crippen molar-refractivity contribution < 1.29 is 13.2 Å². The van der Waals surface area contributed by atoms with Crippen molar-refractivity contribution in [1.29, 1.82) is 0 Å². The Morgan fingerprint density at radius 1 is 1.36 bits per heavy atom. The number of rotatable bonds is 5. The van der Waals surface area contributed by atoms with Crippen molar-refractivity contribution in [2.45, 2.75) is 24.2 Å². The number of thiocarbonyl (C=S) groups is 1. The van der Waals surface area contributed by atoms with Crippen molar-refractivity contribution in [2.75, 3.05) is 13.1 Å². The lowest BCUT2D eigenvalue weighted by molar-refractivity contribution is -0.126. The Bertz CT molecular complexity index is 750. The van der Waals surface area contributed by atoms with E-state index in [1.54, 1.807) is 6.08 Å². The van der Waals surface area contributed by atoms with Crippen molar-refractivity contribution in [3.8, 4) is 0 Å². The summed E-state index contributed by atoms with van der Waals surface area (Å²) in [7, 11) is -3.65. The van der Waals surface area contributed by atoms with Gasteiger partial charge in [0.05, 0.1) is 15.8 Å². The lowest BCUT2D eigenvalue weighted by Gasteiger charge is -2.31. The Balaban J connectivity index is 2.02. The van der Waals surface area contributed by atoms with Crippen LogP contribution in [0.4, 0.5) is 0 Å². The quantitative estimate of drug-likeness (QED) is 0.449. The SMILES string of the molecule is C=CCC(=S)NNC(=O)[C@H]1CCCN(S(=O)(=O)c2ccc(Cl)cc2)C1. The van der Waals surface area contributed by atoms with Gasteiger partial charge >= 0.3 is 0 Å². The molecule has 1 aliphatic heterocycles. The molecule has 1 aromatic rings. The average Bonchev–Trinajstić information content (AvgIpc) is 2.60. The van der Waals surface area contributed by atoms with E-state index in [1.165, 1.54) is 28.6 Å². The topological polar surface area (TPSA) is 78.5 Å². The molecule has 0 radical (unpaired) electrons. The number of halogens is 1. The van der Waals surface area contributed by atoms with Gasteiger partial charge in [-0.3, -0.25) is 15.6 Å². The number of nitrogens with one attached hydrogen (secondary N) is 2. The van der Waals surface area contributed by atoms with E-state index >= 15 is 0 Å². The number of piperidine rings is 1. The first-order valence-electron chi connectivity index (χ1n) is 7.80. The monoisotopic (exact) mass is 401 g/mol. The molecule has 0 aliphatic carbocycles. The van der Waals surface area contributed by atoms with Crippen LogP contribution in [0.1, 0.15) is 19.3 Å². The maximum Gasteiger partial charge on any atom is 0.243 e. The predicted octanol–water partition coefficient (Wildman–Crippen LogP) is 2.26. The zero-order valence-corrected chi connectivity index (χ0v) is 16.0. The first-order valence-corrected chi connectivity index (χ1v) is 10.0. The molecule has 1 aromatic carbocycles. The van der Waals surface area contributed by atoms with Crippen molar-refractivity contribution in [3.05, 3.63) is 41.9 Å². The van der Waals surface area contributed by atoms with E-state index in [0.717, 1.165) is 0 Å². The van der Waals surface area contributed by atoms with Crippen LogP contribution in [-0.2, 0) is 14.8 Å². The standard InChI is InChI=1S/C16H20ClN3O3S2/c1-2-4-15(24)18-19-16(21)12-5-3-10-20(11-12)25(22,23)14-8-6-13(17)7-9-14/h2,6-9,12H,1,3-5,10-11H2,(H,18,24)(H,19,21)/t12-/m0/s1. The van der Waals surface area contributed by atoms with Gasteiger partial charge in [-0.15, -0.1) is 6.58 Å². The molecule has 1 saturated heterocycles. The average molecular weight is 402 g/mol. The number of carbonyl (C=O) groups excluding carboxylic acids is 1. The Hall–Kier alpha value is -1.48. The van der Waals surface area contributed by atoms with Crippen LogP contribution < -0.4 is 10.9 Å². The molecule has 6 nitrogen and oxygen atoms in total. The fourth-order valence-corrected chi connectivity index (χ4v) is 4.36. The molecule has 1 amide bonds. The number of nitrogens with zero attached hydrogens (tertiary/aromatic N) is 1. The van der Waals surface area contributed by atoms with Gasteiger partial charge in [0.2, 0.25) is 15.9 Å². The number of amides is 1. The number of hydrogen-bond acceptors (Lipinski definition) is 4. The fraction of sp³-hybridized carbons (Fsp3) is 0.375. The lowest BCUT2D eigenvalue weighted by Crippen LogP contribution is -2.49. The molecular weight excluding hydrogens is 382 g/mol. The second-order valence-corrected chi connectivity index (χ2v) is 8.55. The van der Waals surface area contributed by atoms with E-state index in [0.29, 0.717) is 35.8 Å². The van der Waals surface area contributed by atoms with Gasteiger partial charge in [0.25, 0.3) is 0 Å². The lowest BCUT2D eigenvalue weighted by atomic mass is 9.99. The van der Waals surface area contributed by atoms with Crippen LogP contribution in [0.15, 0.2) is 41.8 Å². The number of sulfonamides is 1. The molecule has 1 atom stereocenters. The highest BCUT2D eigenvalue weighted by atomic mass is 35.5. The van der Waals surface area contributed by atoms with Gasteiger partial charge in [-0.1, -0.05) is 29.9 Å². The summed E-state index contributed by atoms with van der Waals surface area (Å²) in [6.07, 6.45) is 3.32. The summed E-state index contributed by atoms with van der Waals surface area (Å²) in [4.78, 5) is 12.9. The molecular formula is C16H20ClN3O3S2. The molecule has 9 heteroatoms. The van der Waals surface area contributed by atoms with Gasteiger partial charge in [0.1, 0.15) is 0 Å². The minimum atomic E-state index is -3.65. The minimum absolute atomic E-state index is 0.132. The maximum atomic E-state index is 12.7. The van der Waals surface area contributed by atoms with Crippen LogP contribution in [0.25, 0.3) is 0 Å². The summed E-state index contributed by atoms with van der Waals surface area (Å²) >= 11 is 10.8. The first-order chi connectivity index (χ1) is 11.8. The molecule has 0 spiro atoms. The molecule has 0 unspecified atom stereocenters. The Kier molecular flexibility index (Phi) is 6.95. The largest absolute Gasteiger partial charge is 0.292 e. The van der Waals surface area contributed by atoms with Crippen LogP contribution in [0.2, 0.25) is 5.02 Å². The molecule has 0 aromatic heterocycles. The molecule has 1 fully saturated rings. The van der Waals surface area contributed by atoms with E-state index in [4.69, 9.17) is 23.8 Å². The van der Waals surface area contributed by atoms with Crippen LogP contribution >= 0.6 is 23.8 Å². The third-order valence-electron chi connectivity index (χ3n) is 3.86. The Labute approximate surface area is 158 Å². The number of benzene rings is 1. The highest BCUT2D eigenvalue weighted by Crippen LogP contribution is 2.24. The molecule has 25 heavy (non-hydrogen) atoms. The van der Waals surface area contributed by atoms with Gasteiger partial charge in [0.15, 0.2) is 0 Å². The van der Waals surface area contributed by atoms with Crippen LogP contribution in [0, 0.1) is 5.92 Å². The molecule has 2 N–H and O–H groups in total. The Morgan fingerprint density at radius 2 is 2.04 bits per heavy atom. The highest BCUT2D eigenvalue weighted by Gasteiger charge is 2.33.